The van der Waals surface area contributed by atoms with E-state index >= 15 is 0 Å². The van der Waals surface area contributed by atoms with Crippen molar-refractivity contribution in [3.05, 3.63) is 58.2 Å². The Bertz CT molecular complexity index is 610. The van der Waals surface area contributed by atoms with Gasteiger partial charge < -0.3 is 0 Å². The second-order valence-electron chi connectivity index (χ2n) is 7.39. The molecule has 0 N–H and O–H groups in total. The predicted octanol–water partition coefficient (Wildman–Crippen LogP) is 6.25. The van der Waals surface area contributed by atoms with E-state index in [9.17, 15) is 4.79 Å². The zero-order valence-corrected chi connectivity index (χ0v) is 15.1. The molecule has 0 spiro atoms. The van der Waals surface area contributed by atoms with Crippen LogP contribution < -0.4 is 0 Å². The van der Waals surface area contributed by atoms with Crippen molar-refractivity contribution in [2.75, 3.05) is 0 Å². The molecular formula is C22H30O. The number of carbonyl (C=O) groups is 1. The maximum absolute atomic E-state index is 10.5. The first-order valence-corrected chi connectivity index (χ1v) is 8.84. The third-order valence-electron chi connectivity index (χ3n) is 5.43. The lowest BCUT2D eigenvalue weighted by molar-refractivity contribution is -0.104. The summed E-state index contributed by atoms with van der Waals surface area (Å²) in [7, 11) is 0. The third kappa shape index (κ3) is 4.43. The van der Waals surface area contributed by atoms with E-state index in [1.165, 1.54) is 49.7 Å². The maximum atomic E-state index is 10.5. The molecule has 124 valence electrons. The van der Waals surface area contributed by atoms with Gasteiger partial charge in [0.2, 0.25) is 0 Å². The van der Waals surface area contributed by atoms with E-state index < -0.39 is 0 Å². The minimum atomic E-state index is 0.392. The fourth-order valence-corrected chi connectivity index (χ4v) is 3.93. The second kappa shape index (κ2) is 7.77. The molecule has 1 atom stereocenters. The van der Waals surface area contributed by atoms with Crippen LogP contribution in [-0.2, 0) is 4.79 Å². The first kappa shape index (κ1) is 17.7. The van der Waals surface area contributed by atoms with E-state index in [1.807, 2.05) is 13.0 Å². The minimum Gasteiger partial charge on any atom is -0.299 e. The predicted molar refractivity (Wildman–Crippen MR) is 99.3 cm³/mol. The van der Waals surface area contributed by atoms with Crippen LogP contribution in [0.2, 0.25) is 0 Å². The minimum absolute atomic E-state index is 0.392. The van der Waals surface area contributed by atoms with Gasteiger partial charge in [-0.25, -0.2) is 0 Å². The van der Waals surface area contributed by atoms with Crippen LogP contribution in [0.3, 0.4) is 0 Å². The first-order chi connectivity index (χ1) is 11.0. The maximum Gasteiger partial charge on any atom is 0.143 e. The van der Waals surface area contributed by atoms with E-state index in [0.29, 0.717) is 5.41 Å². The molecule has 0 radical (unpaired) electrons. The number of carbonyl (C=O) groups excluding carboxylic acids is 1. The van der Waals surface area contributed by atoms with Crippen LogP contribution in [0.15, 0.2) is 58.2 Å². The molecular weight excluding hydrogens is 280 g/mol. The Balaban J connectivity index is 2.26. The van der Waals surface area contributed by atoms with E-state index in [0.717, 1.165) is 11.9 Å². The lowest BCUT2D eigenvalue weighted by Gasteiger charge is -2.35. The molecule has 0 bridgehead atoms. The standard InChI is InChI=1S/C22H30O/c1-17(12-15-23)8-5-9-18(2)20-11-7-14-22(4)13-6-10-19(3)21(22)16-20/h5,8-9,12,15-16H,6-7,10-11,13-14H2,1-4H3/b8-5+,17-12+,18-9+/t22-/m0/s1. The van der Waals surface area contributed by atoms with Crippen molar-refractivity contribution in [2.24, 2.45) is 5.41 Å². The van der Waals surface area contributed by atoms with Crippen molar-refractivity contribution in [1.29, 1.82) is 0 Å². The smallest absolute Gasteiger partial charge is 0.143 e. The molecule has 23 heavy (non-hydrogen) atoms. The van der Waals surface area contributed by atoms with Crippen LogP contribution in [-0.4, -0.2) is 6.29 Å². The van der Waals surface area contributed by atoms with Gasteiger partial charge in [-0.3, -0.25) is 4.79 Å². The largest absolute Gasteiger partial charge is 0.299 e. The highest BCUT2D eigenvalue weighted by Gasteiger charge is 2.33. The Morgan fingerprint density at radius 3 is 2.52 bits per heavy atom. The van der Waals surface area contributed by atoms with Gasteiger partial charge in [0.05, 0.1) is 0 Å². The van der Waals surface area contributed by atoms with Crippen LogP contribution in [0.5, 0.6) is 0 Å². The summed E-state index contributed by atoms with van der Waals surface area (Å²) in [6.45, 7) is 8.92. The Labute approximate surface area is 141 Å². The average molecular weight is 310 g/mol. The Morgan fingerprint density at radius 2 is 1.83 bits per heavy atom. The zero-order valence-electron chi connectivity index (χ0n) is 15.1. The molecule has 0 saturated heterocycles. The molecule has 0 aromatic heterocycles. The van der Waals surface area contributed by atoms with Gasteiger partial charge >= 0.3 is 0 Å². The molecule has 0 saturated carbocycles. The molecule has 0 aliphatic heterocycles. The van der Waals surface area contributed by atoms with Gasteiger partial charge in [-0.05, 0) is 93.1 Å². The average Bonchev–Trinajstić information content (AvgIpc) is 2.67. The summed E-state index contributed by atoms with van der Waals surface area (Å²) < 4.78 is 0. The molecule has 2 rings (SSSR count). The fourth-order valence-electron chi connectivity index (χ4n) is 3.93. The van der Waals surface area contributed by atoms with E-state index in [2.05, 4.69) is 39.0 Å². The SMILES string of the molecule is CC1=C2C=C(/C(C)=C/C=C/C(C)=C/C=O)CCC[C@]2(C)CCC1. The Morgan fingerprint density at radius 1 is 1.13 bits per heavy atom. The normalized spacial score (nSPS) is 26.9. The van der Waals surface area contributed by atoms with Crippen molar-refractivity contribution in [2.45, 2.75) is 66.2 Å². The quantitative estimate of drug-likeness (QED) is 0.341. The third-order valence-corrected chi connectivity index (χ3v) is 5.43. The Kier molecular flexibility index (Phi) is 5.98. The van der Waals surface area contributed by atoms with Crippen LogP contribution in [0.1, 0.15) is 66.2 Å². The Hall–Kier alpha value is -1.63. The van der Waals surface area contributed by atoms with Gasteiger partial charge in [-0.2, -0.15) is 0 Å². The van der Waals surface area contributed by atoms with E-state index in [4.69, 9.17) is 0 Å². The number of fused-ring (bicyclic) bond motifs is 1. The topological polar surface area (TPSA) is 17.1 Å². The van der Waals surface area contributed by atoms with Crippen LogP contribution in [0.25, 0.3) is 0 Å². The lowest BCUT2D eigenvalue weighted by atomic mass is 9.69. The highest BCUT2D eigenvalue weighted by Crippen LogP contribution is 2.47. The number of rotatable bonds is 4. The van der Waals surface area contributed by atoms with Crippen LogP contribution in [0, 0.1) is 5.41 Å². The number of hydrogen-bond acceptors (Lipinski definition) is 1. The van der Waals surface area contributed by atoms with Crippen molar-refractivity contribution in [3.63, 3.8) is 0 Å². The van der Waals surface area contributed by atoms with Gasteiger partial charge in [0, 0.05) is 0 Å². The number of aldehydes is 1. The molecule has 0 aromatic rings. The number of hydrogen-bond donors (Lipinski definition) is 0. The molecule has 0 heterocycles. The molecule has 1 heteroatoms. The molecule has 0 unspecified atom stereocenters. The second-order valence-corrected chi connectivity index (χ2v) is 7.39. The summed E-state index contributed by atoms with van der Waals surface area (Å²) in [6, 6.07) is 0. The fraction of sp³-hybridized carbons (Fsp3) is 0.500. The van der Waals surface area contributed by atoms with Crippen molar-refractivity contribution in [3.8, 4) is 0 Å². The van der Waals surface area contributed by atoms with Gasteiger partial charge in [0.15, 0.2) is 0 Å². The highest BCUT2D eigenvalue weighted by molar-refractivity contribution is 5.67. The van der Waals surface area contributed by atoms with Crippen LogP contribution in [0.4, 0.5) is 0 Å². The number of allylic oxidation sites excluding steroid dienone is 10. The first-order valence-electron chi connectivity index (χ1n) is 8.84. The van der Waals surface area contributed by atoms with Crippen molar-refractivity contribution >= 4 is 6.29 Å². The molecule has 2 aliphatic rings. The zero-order chi connectivity index (χ0) is 16.9. The summed E-state index contributed by atoms with van der Waals surface area (Å²) in [5.74, 6) is 0. The molecule has 1 nitrogen and oxygen atoms in total. The summed E-state index contributed by atoms with van der Waals surface area (Å²) in [6.07, 6.45) is 18.8. The van der Waals surface area contributed by atoms with Crippen molar-refractivity contribution < 1.29 is 4.79 Å². The monoisotopic (exact) mass is 310 g/mol. The summed E-state index contributed by atoms with van der Waals surface area (Å²) in [4.78, 5) is 10.5. The summed E-state index contributed by atoms with van der Waals surface area (Å²) >= 11 is 0. The molecule has 0 fully saturated rings. The van der Waals surface area contributed by atoms with E-state index in [-0.39, 0.29) is 0 Å². The van der Waals surface area contributed by atoms with Gasteiger partial charge in [0.25, 0.3) is 0 Å². The van der Waals surface area contributed by atoms with E-state index in [1.54, 1.807) is 17.2 Å². The molecule has 0 aromatic carbocycles. The highest BCUT2D eigenvalue weighted by atomic mass is 16.1. The molecule has 0 amide bonds. The van der Waals surface area contributed by atoms with Crippen molar-refractivity contribution in [1.82, 2.24) is 0 Å². The summed E-state index contributed by atoms with van der Waals surface area (Å²) in [5.41, 5.74) is 7.39. The van der Waals surface area contributed by atoms with Gasteiger partial charge in [-0.1, -0.05) is 36.8 Å². The molecule has 2 aliphatic carbocycles. The van der Waals surface area contributed by atoms with Gasteiger partial charge in [0.1, 0.15) is 6.29 Å². The van der Waals surface area contributed by atoms with Gasteiger partial charge in [-0.15, -0.1) is 0 Å². The lowest BCUT2D eigenvalue weighted by Crippen LogP contribution is -2.22. The summed E-state index contributed by atoms with van der Waals surface area (Å²) in [5, 5.41) is 0. The van der Waals surface area contributed by atoms with Crippen LogP contribution >= 0.6 is 0 Å².